The van der Waals surface area contributed by atoms with Crippen molar-refractivity contribution < 1.29 is 4.79 Å². The molecule has 0 saturated heterocycles. The number of aromatic nitrogens is 2. The van der Waals surface area contributed by atoms with Gasteiger partial charge in [0.05, 0.1) is 5.54 Å². The van der Waals surface area contributed by atoms with E-state index >= 15 is 0 Å². The fraction of sp³-hybridized carbons (Fsp3) is 0.615. The number of aryl methyl sites for hydroxylation is 1. The second-order valence-electron chi connectivity index (χ2n) is 5.58. The van der Waals surface area contributed by atoms with E-state index in [0.717, 1.165) is 24.4 Å². The van der Waals surface area contributed by atoms with Gasteiger partial charge in [-0.2, -0.15) is 0 Å². The molecule has 1 aromatic heterocycles. The van der Waals surface area contributed by atoms with Crippen molar-refractivity contribution >= 4 is 11.8 Å². The second-order valence-corrected chi connectivity index (χ2v) is 5.58. The first kappa shape index (κ1) is 13.6. The Labute approximate surface area is 113 Å². The van der Waals surface area contributed by atoms with Gasteiger partial charge >= 0.3 is 6.03 Å². The summed E-state index contributed by atoms with van der Waals surface area (Å²) in [5.74, 6) is 0.876. The summed E-state index contributed by atoms with van der Waals surface area (Å²) in [6.45, 7) is 4.45. The summed E-state index contributed by atoms with van der Waals surface area (Å²) in [7, 11) is 0. The van der Waals surface area contributed by atoms with Crippen LogP contribution in [0.2, 0.25) is 0 Å². The zero-order valence-electron chi connectivity index (χ0n) is 11.5. The van der Waals surface area contributed by atoms with Gasteiger partial charge < -0.3 is 16.4 Å². The molecule has 1 aromatic rings. The third-order valence-corrected chi connectivity index (χ3v) is 3.29. The van der Waals surface area contributed by atoms with E-state index in [1.807, 2.05) is 13.8 Å². The zero-order chi connectivity index (χ0) is 13.9. The minimum Gasteiger partial charge on any atom is -0.363 e. The van der Waals surface area contributed by atoms with Crippen LogP contribution >= 0.6 is 0 Å². The van der Waals surface area contributed by atoms with Crippen LogP contribution in [0.15, 0.2) is 6.33 Å². The van der Waals surface area contributed by atoms with E-state index in [9.17, 15) is 4.79 Å². The van der Waals surface area contributed by atoms with Gasteiger partial charge in [0, 0.05) is 17.8 Å². The lowest BCUT2D eigenvalue weighted by Gasteiger charge is -2.29. The van der Waals surface area contributed by atoms with Gasteiger partial charge in [-0.15, -0.1) is 0 Å². The minimum atomic E-state index is -0.514. The average Bonchev–Trinajstić information content (AvgIpc) is 2.37. The quantitative estimate of drug-likeness (QED) is 0.761. The fourth-order valence-corrected chi connectivity index (χ4v) is 2.30. The molecule has 0 bridgehead atoms. The summed E-state index contributed by atoms with van der Waals surface area (Å²) < 4.78 is 0. The summed E-state index contributed by atoms with van der Waals surface area (Å²) in [5.41, 5.74) is 7.14. The molecule has 1 aliphatic carbocycles. The first-order valence-electron chi connectivity index (χ1n) is 6.62. The molecular formula is C13H21N5O. The van der Waals surface area contributed by atoms with Crippen LogP contribution in [0, 0.1) is 0 Å². The van der Waals surface area contributed by atoms with E-state index in [2.05, 4.69) is 20.6 Å². The van der Waals surface area contributed by atoms with Crippen molar-refractivity contribution in [2.75, 3.05) is 11.9 Å². The molecule has 0 aromatic carbocycles. The van der Waals surface area contributed by atoms with E-state index in [4.69, 9.17) is 5.73 Å². The Hall–Kier alpha value is -1.85. The van der Waals surface area contributed by atoms with Crippen LogP contribution in [-0.2, 0) is 12.8 Å². The highest BCUT2D eigenvalue weighted by Crippen LogP contribution is 2.26. The number of carbonyl (C=O) groups is 1. The van der Waals surface area contributed by atoms with Crippen LogP contribution in [0.4, 0.5) is 10.6 Å². The standard InChI is InChI=1S/C13H21N5O/c1-13(2,7-15-12(14)19)18-11-9-5-3-4-6-10(9)16-8-17-11/h8H,3-7H2,1-2H3,(H3,14,15,19)(H,16,17,18). The van der Waals surface area contributed by atoms with Crippen molar-refractivity contribution in [2.45, 2.75) is 45.1 Å². The van der Waals surface area contributed by atoms with Gasteiger partial charge in [0.15, 0.2) is 0 Å². The zero-order valence-corrected chi connectivity index (χ0v) is 11.5. The normalized spacial score (nSPS) is 14.6. The van der Waals surface area contributed by atoms with Crippen molar-refractivity contribution in [1.82, 2.24) is 15.3 Å². The Kier molecular flexibility index (Phi) is 3.87. The summed E-state index contributed by atoms with van der Waals surface area (Å²) in [6, 6.07) is -0.514. The molecule has 6 heteroatoms. The highest BCUT2D eigenvalue weighted by atomic mass is 16.2. The first-order valence-corrected chi connectivity index (χ1v) is 6.62. The number of nitrogens with two attached hydrogens (primary N) is 1. The van der Waals surface area contributed by atoms with Crippen LogP contribution in [0.3, 0.4) is 0 Å². The van der Waals surface area contributed by atoms with Gasteiger partial charge in [0.25, 0.3) is 0 Å². The molecule has 2 rings (SSSR count). The van der Waals surface area contributed by atoms with E-state index in [1.54, 1.807) is 6.33 Å². The molecular weight excluding hydrogens is 242 g/mol. The van der Waals surface area contributed by atoms with Gasteiger partial charge in [-0.05, 0) is 39.5 Å². The second kappa shape index (κ2) is 5.42. The van der Waals surface area contributed by atoms with Gasteiger partial charge in [-0.25, -0.2) is 14.8 Å². The number of fused-ring (bicyclic) bond motifs is 1. The van der Waals surface area contributed by atoms with Gasteiger partial charge in [0.1, 0.15) is 12.1 Å². The molecule has 0 fully saturated rings. The Bertz CT molecular complexity index is 472. The molecule has 6 nitrogen and oxygen atoms in total. The topological polar surface area (TPSA) is 92.9 Å². The number of anilines is 1. The van der Waals surface area contributed by atoms with Crippen molar-refractivity contribution in [1.29, 1.82) is 0 Å². The van der Waals surface area contributed by atoms with E-state index in [1.165, 1.54) is 18.4 Å². The molecule has 104 valence electrons. The largest absolute Gasteiger partial charge is 0.363 e. The highest BCUT2D eigenvalue weighted by Gasteiger charge is 2.22. The monoisotopic (exact) mass is 263 g/mol. The third-order valence-electron chi connectivity index (χ3n) is 3.29. The maximum atomic E-state index is 10.8. The fourth-order valence-electron chi connectivity index (χ4n) is 2.30. The number of rotatable bonds is 4. The van der Waals surface area contributed by atoms with Gasteiger partial charge in [0.2, 0.25) is 0 Å². The Balaban J connectivity index is 2.12. The van der Waals surface area contributed by atoms with E-state index in [0.29, 0.717) is 6.54 Å². The summed E-state index contributed by atoms with van der Waals surface area (Å²) in [4.78, 5) is 19.5. The summed E-state index contributed by atoms with van der Waals surface area (Å²) in [6.07, 6.45) is 6.00. The van der Waals surface area contributed by atoms with Crippen LogP contribution < -0.4 is 16.4 Å². The van der Waals surface area contributed by atoms with Crippen molar-refractivity contribution in [3.8, 4) is 0 Å². The maximum Gasteiger partial charge on any atom is 0.312 e. The van der Waals surface area contributed by atoms with Crippen molar-refractivity contribution in [2.24, 2.45) is 5.73 Å². The first-order chi connectivity index (χ1) is 8.98. The molecule has 0 saturated carbocycles. The van der Waals surface area contributed by atoms with Crippen LogP contribution in [0.5, 0.6) is 0 Å². The molecule has 0 atom stereocenters. The SMILES string of the molecule is CC(C)(CNC(N)=O)Nc1ncnc2c1CCCC2. The Morgan fingerprint density at radius 1 is 1.37 bits per heavy atom. The molecule has 0 radical (unpaired) electrons. The van der Waals surface area contributed by atoms with Gasteiger partial charge in [-0.1, -0.05) is 0 Å². The summed E-state index contributed by atoms with van der Waals surface area (Å²) in [5, 5.41) is 6.00. The van der Waals surface area contributed by atoms with Crippen molar-refractivity contribution in [3.63, 3.8) is 0 Å². The number of nitrogens with zero attached hydrogens (tertiary/aromatic N) is 2. The molecule has 19 heavy (non-hydrogen) atoms. The molecule has 0 unspecified atom stereocenters. The lowest BCUT2D eigenvalue weighted by molar-refractivity contribution is 0.247. The highest BCUT2D eigenvalue weighted by molar-refractivity contribution is 5.71. The van der Waals surface area contributed by atoms with Crippen LogP contribution in [0.25, 0.3) is 0 Å². The number of amides is 2. The van der Waals surface area contributed by atoms with E-state index < -0.39 is 6.03 Å². The number of hydrogen-bond acceptors (Lipinski definition) is 4. The molecule has 0 aliphatic heterocycles. The number of hydrogen-bond donors (Lipinski definition) is 3. The van der Waals surface area contributed by atoms with E-state index in [-0.39, 0.29) is 5.54 Å². The average molecular weight is 263 g/mol. The number of primary amides is 1. The van der Waals surface area contributed by atoms with Crippen molar-refractivity contribution in [3.05, 3.63) is 17.6 Å². The number of carbonyl (C=O) groups excluding carboxylic acids is 1. The predicted octanol–water partition coefficient (Wildman–Crippen LogP) is 1.21. The predicted molar refractivity (Wildman–Crippen MR) is 74.0 cm³/mol. The third kappa shape index (κ3) is 3.56. The maximum absolute atomic E-state index is 10.8. The molecule has 4 N–H and O–H groups in total. The lowest BCUT2D eigenvalue weighted by atomic mass is 9.95. The van der Waals surface area contributed by atoms with Crippen LogP contribution in [-0.4, -0.2) is 28.1 Å². The van der Waals surface area contributed by atoms with Gasteiger partial charge in [-0.3, -0.25) is 0 Å². The minimum absolute atomic E-state index is 0.311. The number of urea groups is 1. The van der Waals surface area contributed by atoms with Crippen LogP contribution in [0.1, 0.15) is 37.9 Å². The molecule has 0 spiro atoms. The Morgan fingerprint density at radius 3 is 2.84 bits per heavy atom. The lowest BCUT2D eigenvalue weighted by Crippen LogP contribution is -2.46. The molecule has 1 aliphatic rings. The Morgan fingerprint density at radius 2 is 2.11 bits per heavy atom. The summed E-state index contributed by atoms with van der Waals surface area (Å²) >= 11 is 0. The molecule has 1 heterocycles. The molecule has 2 amide bonds. The smallest absolute Gasteiger partial charge is 0.312 e. The number of nitrogens with one attached hydrogen (secondary N) is 2.